The van der Waals surface area contributed by atoms with Gasteiger partial charge >= 0.3 is 0 Å². The topological polar surface area (TPSA) is 50.4 Å². The average Bonchev–Trinajstić information content (AvgIpc) is 2.45. The Kier molecular flexibility index (Phi) is 8.01. The molecular weight excluding hydrogens is 264 g/mol. The van der Waals surface area contributed by atoms with E-state index in [1.807, 2.05) is 26.0 Å². The van der Waals surface area contributed by atoms with Crippen molar-refractivity contribution >= 4 is 5.91 Å². The second-order valence-electron chi connectivity index (χ2n) is 5.55. The van der Waals surface area contributed by atoms with Gasteiger partial charge in [0.2, 0.25) is 5.91 Å². The Bertz CT molecular complexity index is 435. The molecule has 0 saturated heterocycles. The standard InChI is InChI=1S/C17H28N2O2/c1-5-7-13(2)19-17(20)14(3)18-11-15-8-6-9-16(10-15)12-21-4/h6,8-10,13-14,18H,5,7,11-12H2,1-4H3,(H,19,20). The van der Waals surface area contributed by atoms with Gasteiger partial charge in [-0.25, -0.2) is 0 Å². The first kappa shape index (κ1) is 17.7. The number of hydrogen-bond donors (Lipinski definition) is 2. The van der Waals surface area contributed by atoms with Crippen LogP contribution in [0.5, 0.6) is 0 Å². The molecule has 0 heterocycles. The van der Waals surface area contributed by atoms with Crippen LogP contribution in [-0.2, 0) is 22.7 Å². The van der Waals surface area contributed by atoms with Gasteiger partial charge in [-0.1, -0.05) is 37.6 Å². The summed E-state index contributed by atoms with van der Waals surface area (Å²) in [5.41, 5.74) is 2.30. The Hall–Kier alpha value is -1.39. The van der Waals surface area contributed by atoms with E-state index in [9.17, 15) is 4.79 Å². The Morgan fingerprint density at radius 2 is 2.00 bits per heavy atom. The third kappa shape index (κ3) is 6.74. The first-order valence-electron chi connectivity index (χ1n) is 7.67. The zero-order chi connectivity index (χ0) is 15.7. The van der Waals surface area contributed by atoms with E-state index < -0.39 is 0 Å². The number of hydrogen-bond acceptors (Lipinski definition) is 3. The molecule has 0 aliphatic heterocycles. The van der Waals surface area contributed by atoms with E-state index in [-0.39, 0.29) is 18.0 Å². The van der Waals surface area contributed by atoms with Crippen LogP contribution in [0.15, 0.2) is 24.3 Å². The summed E-state index contributed by atoms with van der Waals surface area (Å²) in [6.45, 7) is 7.35. The van der Waals surface area contributed by atoms with Gasteiger partial charge in [0.25, 0.3) is 0 Å². The van der Waals surface area contributed by atoms with Crippen molar-refractivity contribution in [2.24, 2.45) is 0 Å². The minimum atomic E-state index is -0.199. The molecule has 1 aromatic rings. The van der Waals surface area contributed by atoms with Crippen molar-refractivity contribution in [2.75, 3.05) is 7.11 Å². The number of ether oxygens (including phenoxy) is 1. The summed E-state index contributed by atoms with van der Waals surface area (Å²) in [6, 6.07) is 8.24. The number of methoxy groups -OCH3 is 1. The molecule has 1 rings (SSSR count). The first-order chi connectivity index (χ1) is 10.1. The summed E-state index contributed by atoms with van der Waals surface area (Å²) in [5, 5.41) is 6.29. The lowest BCUT2D eigenvalue weighted by Gasteiger charge is -2.18. The van der Waals surface area contributed by atoms with Gasteiger partial charge in [-0.3, -0.25) is 4.79 Å². The highest BCUT2D eigenvalue weighted by atomic mass is 16.5. The molecule has 1 amide bonds. The number of nitrogens with one attached hydrogen (secondary N) is 2. The minimum Gasteiger partial charge on any atom is -0.380 e. The molecule has 2 unspecified atom stereocenters. The third-order valence-electron chi connectivity index (χ3n) is 3.42. The summed E-state index contributed by atoms with van der Waals surface area (Å²) in [5.74, 6) is 0.0593. The molecule has 2 atom stereocenters. The van der Waals surface area contributed by atoms with E-state index in [1.54, 1.807) is 7.11 Å². The van der Waals surface area contributed by atoms with Gasteiger partial charge < -0.3 is 15.4 Å². The zero-order valence-corrected chi connectivity index (χ0v) is 13.6. The van der Waals surface area contributed by atoms with Crippen LogP contribution in [0.3, 0.4) is 0 Å². The highest BCUT2D eigenvalue weighted by molar-refractivity contribution is 5.81. The second kappa shape index (κ2) is 9.53. The minimum absolute atomic E-state index is 0.0593. The smallest absolute Gasteiger partial charge is 0.237 e. The zero-order valence-electron chi connectivity index (χ0n) is 13.6. The van der Waals surface area contributed by atoms with E-state index in [4.69, 9.17) is 4.74 Å². The number of carbonyl (C=O) groups is 1. The van der Waals surface area contributed by atoms with Crippen LogP contribution < -0.4 is 10.6 Å². The summed E-state index contributed by atoms with van der Waals surface area (Å²) in [4.78, 5) is 12.0. The maximum Gasteiger partial charge on any atom is 0.237 e. The Morgan fingerprint density at radius 1 is 1.29 bits per heavy atom. The lowest BCUT2D eigenvalue weighted by molar-refractivity contribution is -0.123. The van der Waals surface area contributed by atoms with Crippen LogP contribution in [0.4, 0.5) is 0 Å². The summed E-state index contributed by atoms with van der Waals surface area (Å²) >= 11 is 0. The monoisotopic (exact) mass is 292 g/mol. The van der Waals surface area contributed by atoms with Gasteiger partial charge in [-0.05, 0) is 31.4 Å². The molecule has 21 heavy (non-hydrogen) atoms. The summed E-state index contributed by atoms with van der Waals surface area (Å²) in [6.07, 6.45) is 2.09. The molecule has 4 heteroatoms. The van der Waals surface area contributed by atoms with E-state index in [0.29, 0.717) is 13.2 Å². The fourth-order valence-electron chi connectivity index (χ4n) is 2.23. The average molecular weight is 292 g/mol. The molecule has 0 saturated carbocycles. The maximum atomic E-state index is 12.0. The van der Waals surface area contributed by atoms with Crippen molar-refractivity contribution in [3.05, 3.63) is 35.4 Å². The quantitative estimate of drug-likeness (QED) is 0.735. The lowest BCUT2D eigenvalue weighted by atomic mass is 10.1. The van der Waals surface area contributed by atoms with Crippen molar-refractivity contribution in [1.29, 1.82) is 0 Å². The fraction of sp³-hybridized carbons (Fsp3) is 0.588. The first-order valence-corrected chi connectivity index (χ1v) is 7.67. The molecule has 0 spiro atoms. The highest BCUT2D eigenvalue weighted by Gasteiger charge is 2.14. The van der Waals surface area contributed by atoms with Gasteiger partial charge in [-0.2, -0.15) is 0 Å². The van der Waals surface area contributed by atoms with Crippen LogP contribution >= 0.6 is 0 Å². The van der Waals surface area contributed by atoms with Crippen LogP contribution in [0, 0.1) is 0 Å². The van der Waals surface area contributed by atoms with Crippen molar-refractivity contribution in [3.63, 3.8) is 0 Å². The second-order valence-corrected chi connectivity index (χ2v) is 5.55. The van der Waals surface area contributed by atoms with E-state index in [2.05, 4.69) is 29.7 Å². The molecule has 0 fully saturated rings. The third-order valence-corrected chi connectivity index (χ3v) is 3.42. The predicted octanol–water partition coefficient (Wildman–Crippen LogP) is 2.62. The van der Waals surface area contributed by atoms with Gasteiger partial charge in [0.05, 0.1) is 12.6 Å². The number of carbonyl (C=O) groups excluding carboxylic acids is 1. The molecular formula is C17H28N2O2. The predicted molar refractivity (Wildman–Crippen MR) is 86.0 cm³/mol. The molecule has 0 aliphatic rings. The van der Waals surface area contributed by atoms with Gasteiger partial charge in [0.15, 0.2) is 0 Å². The summed E-state index contributed by atoms with van der Waals surface area (Å²) < 4.78 is 5.13. The number of benzene rings is 1. The Morgan fingerprint density at radius 3 is 2.67 bits per heavy atom. The number of rotatable bonds is 9. The molecule has 0 bridgehead atoms. The van der Waals surface area contributed by atoms with Crippen LogP contribution in [-0.4, -0.2) is 25.1 Å². The number of amides is 1. The highest BCUT2D eigenvalue weighted by Crippen LogP contribution is 2.06. The normalized spacial score (nSPS) is 13.7. The van der Waals surface area contributed by atoms with Crippen molar-refractivity contribution < 1.29 is 9.53 Å². The molecule has 118 valence electrons. The van der Waals surface area contributed by atoms with Gasteiger partial charge in [0.1, 0.15) is 0 Å². The van der Waals surface area contributed by atoms with Gasteiger partial charge in [-0.15, -0.1) is 0 Å². The molecule has 0 radical (unpaired) electrons. The van der Waals surface area contributed by atoms with Crippen LogP contribution in [0.2, 0.25) is 0 Å². The van der Waals surface area contributed by atoms with Crippen molar-refractivity contribution in [1.82, 2.24) is 10.6 Å². The molecule has 1 aromatic carbocycles. The Balaban J connectivity index is 2.43. The molecule has 0 aromatic heterocycles. The Labute approximate surface area is 128 Å². The van der Waals surface area contributed by atoms with E-state index in [0.717, 1.165) is 24.0 Å². The molecule has 4 nitrogen and oxygen atoms in total. The van der Waals surface area contributed by atoms with Gasteiger partial charge in [0, 0.05) is 19.7 Å². The largest absolute Gasteiger partial charge is 0.380 e. The van der Waals surface area contributed by atoms with E-state index in [1.165, 1.54) is 0 Å². The fourth-order valence-corrected chi connectivity index (χ4v) is 2.23. The lowest BCUT2D eigenvalue weighted by Crippen LogP contribution is -2.45. The SMILES string of the molecule is CCCC(C)NC(=O)C(C)NCc1cccc(COC)c1. The maximum absolute atomic E-state index is 12.0. The molecule has 2 N–H and O–H groups in total. The van der Waals surface area contributed by atoms with Crippen LogP contribution in [0.1, 0.15) is 44.7 Å². The van der Waals surface area contributed by atoms with E-state index >= 15 is 0 Å². The van der Waals surface area contributed by atoms with Crippen molar-refractivity contribution in [3.8, 4) is 0 Å². The molecule has 0 aliphatic carbocycles. The van der Waals surface area contributed by atoms with Crippen LogP contribution in [0.25, 0.3) is 0 Å². The summed E-state index contributed by atoms with van der Waals surface area (Å²) in [7, 11) is 1.69. The van der Waals surface area contributed by atoms with Crippen molar-refractivity contribution in [2.45, 2.75) is 58.8 Å².